The fraction of sp³-hybridized carbons (Fsp3) is 0.0769. The zero-order valence-corrected chi connectivity index (χ0v) is 12.0. The quantitative estimate of drug-likeness (QED) is 0.604. The van der Waals surface area contributed by atoms with Gasteiger partial charge in [-0.05, 0) is 29.3 Å². The van der Waals surface area contributed by atoms with Crippen LogP contribution >= 0.6 is 39.1 Å². The molecule has 0 fully saturated rings. The maximum absolute atomic E-state index is 13.2. The summed E-state index contributed by atoms with van der Waals surface area (Å²) >= 11 is 15.4. The Balaban J connectivity index is 2.44. The SMILES string of the molecule is Fc1ccc(C(Br)c2cccc(Cl)c2Cl)cc1F. The fourth-order valence-corrected chi connectivity index (χ4v) is 2.78. The number of rotatable bonds is 2. The second kappa shape index (κ2) is 5.55. The average Bonchev–Trinajstić information content (AvgIpc) is 2.35. The van der Waals surface area contributed by atoms with Gasteiger partial charge in [0.2, 0.25) is 0 Å². The summed E-state index contributed by atoms with van der Waals surface area (Å²) in [7, 11) is 0. The molecule has 0 radical (unpaired) electrons. The minimum absolute atomic E-state index is 0.348. The zero-order chi connectivity index (χ0) is 13.3. The van der Waals surface area contributed by atoms with Crippen molar-refractivity contribution in [1.82, 2.24) is 0 Å². The number of benzene rings is 2. The van der Waals surface area contributed by atoms with Crippen LogP contribution in [0.2, 0.25) is 10.0 Å². The Labute approximate surface area is 122 Å². The Bertz CT molecular complexity index is 587. The topological polar surface area (TPSA) is 0 Å². The van der Waals surface area contributed by atoms with Crippen molar-refractivity contribution < 1.29 is 8.78 Å². The van der Waals surface area contributed by atoms with Crippen LogP contribution in [-0.2, 0) is 0 Å². The van der Waals surface area contributed by atoms with Gasteiger partial charge in [-0.25, -0.2) is 8.78 Å². The normalized spacial score (nSPS) is 12.5. The minimum Gasteiger partial charge on any atom is -0.204 e. The van der Waals surface area contributed by atoms with Gasteiger partial charge in [0.1, 0.15) is 0 Å². The largest absolute Gasteiger partial charge is 0.204 e. The van der Waals surface area contributed by atoms with E-state index in [1.165, 1.54) is 6.07 Å². The average molecular weight is 352 g/mol. The van der Waals surface area contributed by atoms with E-state index in [1.807, 2.05) is 0 Å². The summed E-state index contributed by atoms with van der Waals surface area (Å²) in [5, 5.41) is 0.812. The third-order valence-corrected chi connectivity index (χ3v) is 4.35. The summed E-state index contributed by atoms with van der Waals surface area (Å²) in [6, 6.07) is 8.89. The first-order chi connectivity index (χ1) is 8.50. The lowest BCUT2D eigenvalue weighted by Crippen LogP contribution is -1.96. The summed E-state index contributed by atoms with van der Waals surface area (Å²) in [5.74, 6) is -1.77. The molecule has 0 aromatic heterocycles. The van der Waals surface area contributed by atoms with Crippen LogP contribution in [0, 0.1) is 11.6 Å². The molecule has 0 aliphatic heterocycles. The van der Waals surface area contributed by atoms with Crippen LogP contribution in [0.15, 0.2) is 36.4 Å². The van der Waals surface area contributed by atoms with Crippen molar-refractivity contribution in [2.24, 2.45) is 0 Å². The van der Waals surface area contributed by atoms with Crippen LogP contribution < -0.4 is 0 Å². The molecule has 0 nitrogen and oxygen atoms in total. The second-order valence-electron chi connectivity index (χ2n) is 3.68. The number of hydrogen-bond acceptors (Lipinski definition) is 0. The van der Waals surface area contributed by atoms with E-state index in [4.69, 9.17) is 23.2 Å². The lowest BCUT2D eigenvalue weighted by atomic mass is 10.0. The van der Waals surface area contributed by atoms with E-state index in [0.29, 0.717) is 21.2 Å². The molecule has 2 rings (SSSR count). The summed E-state index contributed by atoms with van der Waals surface area (Å²) in [6.07, 6.45) is 0. The van der Waals surface area contributed by atoms with Gasteiger partial charge in [0, 0.05) is 0 Å². The van der Waals surface area contributed by atoms with Crippen LogP contribution in [0.4, 0.5) is 8.78 Å². The highest BCUT2D eigenvalue weighted by atomic mass is 79.9. The van der Waals surface area contributed by atoms with Gasteiger partial charge >= 0.3 is 0 Å². The Hall–Kier alpha value is -0.640. The summed E-state index contributed by atoms with van der Waals surface area (Å²) in [6.45, 7) is 0. The van der Waals surface area contributed by atoms with Gasteiger partial charge in [-0.3, -0.25) is 0 Å². The van der Waals surface area contributed by atoms with Crippen molar-refractivity contribution in [2.45, 2.75) is 4.83 Å². The first kappa shape index (κ1) is 13.8. The molecule has 94 valence electrons. The zero-order valence-electron chi connectivity index (χ0n) is 8.93. The van der Waals surface area contributed by atoms with Crippen LogP contribution in [0.3, 0.4) is 0 Å². The smallest absolute Gasteiger partial charge is 0.159 e. The molecular formula is C13H7BrCl2F2. The van der Waals surface area contributed by atoms with Gasteiger partial charge < -0.3 is 0 Å². The Morgan fingerprint density at radius 3 is 2.39 bits per heavy atom. The van der Waals surface area contributed by atoms with E-state index in [-0.39, 0.29) is 4.83 Å². The molecule has 18 heavy (non-hydrogen) atoms. The molecule has 1 atom stereocenters. The van der Waals surface area contributed by atoms with Gasteiger partial charge in [-0.1, -0.05) is 57.3 Å². The van der Waals surface area contributed by atoms with Gasteiger partial charge in [-0.15, -0.1) is 0 Å². The molecule has 0 spiro atoms. The van der Waals surface area contributed by atoms with E-state index in [2.05, 4.69) is 15.9 Å². The van der Waals surface area contributed by atoms with Crippen molar-refractivity contribution in [1.29, 1.82) is 0 Å². The number of alkyl halides is 1. The molecule has 0 N–H and O–H groups in total. The Morgan fingerprint density at radius 1 is 1.00 bits per heavy atom. The first-order valence-electron chi connectivity index (χ1n) is 5.03. The standard InChI is InChI=1S/C13H7BrCl2F2/c14-12(7-4-5-10(17)11(18)6-7)8-2-1-3-9(15)13(8)16/h1-6,12H. The lowest BCUT2D eigenvalue weighted by Gasteiger charge is -2.13. The van der Waals surface area contributed by atoms with E-state index in [1.54, 1.807) is 18.2 Å². The molecule has 1 unspecified atom stereocenters. The highest BCUT2D eigenvalue weighted by Crippen LogP contribution is 2.38. The fourth-order valence-electron chi connectivity index (χ4n) is 1.57. The Kier molecular flexibility index (Phi) is 4.25. The third-order valence-electron chi connectivity index (χ3n) is 2.49. The van der Waals surface area contributed by atoms with Crippen LogP contribution in [0.25, 0.3) is 0 Å². The van der Waals surface area contributed by atoms with Crippen molar-refractivity contribution in [3.63, 3.8) is 0 Å². The molecule has 0 aliphatic rings. The molecule has 2 aromatic rings. The molecule has 0 aliphatic carbocycles. The molecule has 0 heterocycles. The lowest BCUT2D eigenvalue weighted by molar-refractivity contribution is 0.507. The van der Waals surface area contributed by atoms with E-state index < -0.39 is 11.6 Å². The second-order valence-corrected chi connectivity index (χ2v) is 5.38. The molecule has 0 bridgehead atoms. The van der Waals surface area contributed by atoms with Gasteiger partial charge in [0.25, 0.3) is 0 Å². The van der Waals surface area contributed by atoms with E-state index in [9.17, 15) is 8.78 Å². The van der Waals surface area contributed by atoms with Crippen LogP contribution in [0.5, 0.6) is 0 Å². The van der Waals surface area contributed by atoms with Crippen molar-refractivity contribution in [2.75, 3.05) is 0 Å². The molecule has 0 amide bonds. The van der Waals surface area contributed by atoms with Crippen LogP contribution in [0.1, 0.15) is 16.0 Å². The molecule has 2 aromatic carbocycles. The van der Waals surface area contributed by atoms with E-state index in [0.717, 1.165) is 12.1 Å². The summed E-state index contributed by atoms with van der Waals surface area (Å²) < 4.78 is 26.1. The molecular weight excluding hydrogens is 345 g/mol. The summed E-state index contributed by atoms with van der Waals surface area (Å²) in [4.78, 5) is -0.348. The van der Waals surface area contributed by atoms with E-state index >= 15 is 0 Å². The number of halogens is 5. The van der Waals surface area contributed by atoms with Gasteiger partial charge in [-0.2, -0.15) is 0 Å². The maximum Gasteiger partial charge on any atom is 0.159 e. The number of hydrogen-bond donors (Lipinski definition) is 0. The van der Waals surface area contributed by atoms with Gasteiger partial charge in [0.15, 0.2) is 11.6 Å². The van der Waals surface area contributed by atoms with Gasteiger partial charge in [0.05, 0.1) is 14.9 Å². The molecule has 5 heteroatoms. The molecule has 0 saturated heterocycles. The predicted octanol–water partition coefficient (Wildman–Crippen LogP) is 5.76. The predicted molar refractivity (Wildman–Crippen MR) is 73.6 cm³/mol. The van der Waals surface area contributed by atoms with Crippen molar-refractivity contribution in [3.8, 4) is 0 Å². The molecule has 0 saturated carbocycles. The highest BCUT2D eigenvalue weighted by Gasteiger charge is 2.16. The summed E-state index contributed by atoms with van der Waals surface area (Å²) in [5.41, 5.74) is 1.27. The Morgan fingerprint density at radius 2 is 1.72 bits per heavy atom. The monoisotopic (exact) mass is 350 g/mol. The maximum atomic E-state index is 13.2. The minimum atomic E-state index is -0.893. The van der Waals surface area contributed by atoms with Crippen LogP contribution in [-0.4, -0.2) is 0 Å². The van der Waals surface area contributed by atoms with Crippen molar-refractivity contribution >= 4 is 39.1 Å². The highest BCUT2D eigenvalue weighted by molar-refractivity contribution is 9.09. The first-order valence-corrected chi connectivity index (χ1v) is 6.71. The third kappa shape index (κ3) is 2.68. The van der Waals surface area contributed by atoms with Crippen molar-refractivity contribution in [3.05, 3.63) is 69.2 Å².